The molecule has 0 heterocycles. The number of thioether (sulfide) groups is 1. The predicted molar refractivity (Wildman–Crippen MR) is 150 cm³/mol. The van der Waals surface area contributed by atoms with Gasteiger partial charge in [-0.1, -0.05) is 23.9 Å². The largest absolute Gasteiger partial charge is 0.508 e. The van der Waals surface area contributed by atoms with Crippen LogP contribution in [-0.2, 0) is 20.8 Å². The van der Waals surface area contributed by atoms with Gasteiger partial charge in [0.25, 0.3) is 11.1 Å². The zero-order valence-corrected chi connectivity index (χ0v) is 23.9. The summed E-state index contributed by atoms with van der Waals surface area (Å²) in [4.78, 5) is 55.5. The standard InChI is InChI=1S/C26H32N6O8S/c1-6-41-25(39)28-13-9-14(31(2)3)11-7-10-8-12-18(32(4)5)21(35)17(24(38)29-30-27)23(37)26(12,40)22(36)15(10)20(34)16(11)19(13)33/h9-10,12,18,33-34,37,40H,6-8H2,1-5H3,(H,28,39)(H2,27,29,38)/t10-,12-,18-,26-/m0/s1. The van der Waals surface area contributed by atoms with Crippen molar-refractivity contribution in [2.45, 2.75) is 31.4 Å². The summed E-state index contributed by atoms with van der Waals surface area (Å²) in [6, 6.07) is 0.345. The van der Waals surface area contributed by atoms with Crippen LogP contribution in [0.4, 0.5) is 16.2 Å². The maximum Gasteiger partial charge on any atom is 0.283 e. The normalized spacial score (nSPS) is 25.4. The number of phenols is 1. The number of anilines is 2. The molecule has 4 atom stereocenters. The lowest BCUT2D eigenvalue weighted by Crippen LogP contribution is -2.65. The minimum atomic E-state index is -2.78. The Hall–Kier alpha value is -3.95. The molecular formula is C26H32N6O8S. The van der Waals surface area contributed by atoms with Gasteiger partial charge < -0.3 is 30.6 Å². The van der Waals surface area contributed by atoms with E-state index in [4.69, 9.17) is 5.53 Å². The molecule has 3 aliphatic rings. The smallest absolute Gasteiger partial charge is 0.283 e. The zero-order valence-electron chi connectivity index (χ0n) is 23.1. The van der Waals surface area contributed by atoms with Crippen LogP contribution in [0.2, 0.25) is 0 Å². The van der Waals surface area contributed by atoms with Gasteiger partial charge in [0.1, 0.15) is 17.1 Å². The molecule has 3 aliphatic carbocycles. The number of phenolic OH excluding ortho intramolecular Hbond substituents is 1. The highest BCUT2D eigenvalue weighted by Crippen LogP contribution is 2.54. The number of aromatic hydroxyl groups is 1. The number of hydrogen-bond donors (Lipinski definition) is 7. The molecule has 14 nitrogen and oxygen atoms in total. The van der Waals surface area contributed by atoms with E-state index in [-0.39, 0.29) is 29.7 Å². The molecule has 2 amide bonds. The maximum absolute atomic E-state index is 14.1. The van der Waals surface area contributed by atoms with Crippen LogP contribution in [0.15, 0.2) is 28.2 Å². The van der Waals surface area contributed by atoms with Crippen LogP contribution in [0, 0.1) is 17.4 Å². The number of nitrogens with one attached hydrogen (secondary N) is 3. The van der Waals surface area contributed by atoms with Crippen molar-refractivity contribution < 1.29 is 39.6 Å². The zero-order chi connectivity index (χ0) is 30.5. The van der Waals surface area contributed by atoms with E-state index in [0.717, 1.165) is 11.8 Å². The lowest BCUT2D eigenvalue weighted by Gasteiger charge is -2.50. The number of nitrogens with zero attached hydrogens (tertiary/aromatic N) is 3. The fraction of sp³-hybridized carbons (Fsp3) is 0.462. The Morgan fingerprint density at radius 3 is 2.41 bits per heavy atom. The van der Waals surface area contributed by atoms with Gasteiger partial charge in [0.05, 0.1) is 17.3 Å². The van der Waals surface area contributed by atoms with Crippen molar-refractivity contribution in [2.75, 3.05) is 44.2 Å². The van der Waals surface area contributed by atoms with E-state index in [9.17, 15) is 39.6 Å². The Morgan fingerprint density at radius 1 is 1.20 bits per heavy atom. The van der Waals surface area contributed by atoms with Gasteiger partial charge in [0, 0.05) is 31.3 Å². The number of rotatable bonds is 6. The number of carbonyl (C=O) groups excluding carboxylic acids is 4. The molecule has 15 heteroatoms. The van der Waals surface area contributed by atoms with E-state index in [2.05, 4.69) is 10.5 Å². The van der Waals surface area contributed by atoms with E-state index >= 15 is 0 Å². The van der Waals surface area contributed by atoms with Crippen LogP contribution in [0.3, 0.4) is 0 Å². The van der Waals surface area contributed by atoms with Crippen LogP contribution < -0.4 is 15.6 Å². The number of benzene rings is 1. The van der Waals surface area contributed by atoms with E-state index in [1.54, 1.807) is 37.4 Å². The van der Waals surface area contributed by atoms with Gasteiger partial charge in [-0.3, -0.25) is 24.1 Å². The summed E-state index contributed by atoms with van der Waals surface area (Å²) in [7, 11) is 6.52. The Morgan fingerprint density at radius 2 is 1.85 bits per heavy atom. The molecular weight excluding hydrogens is 556 g/mol. The lowest BCUT2D eigenvalue weighted by atomic mass is 9.57. The van der Waals surface area contributed by atoms with Gasteiger partial charge in [-0.2, -0.15) is 5.53 Å². The van der Waals surface area contributed by atoms with Crippen molar-refractivity contribution in [3.05, 3.63) is 34.1 Å². The fourth-order valence-corrected chi connectivity index (χ4v) is 6.60. The van der Waals surface area contributed by atoms with Crippen LogP contribution in [0.5, 0.6) is 5.75 Å². The second kappa shape index (κ2) is 10.8. The number of ketones is 2. The highest BCUT2D eigenvalue weighted by molar-refractivity contribution is 8.13. The van der Waals surface area contributed by atoms with Crippen molar-refractivity contribution in [1.29, 1.82) is 5.53 Å². The first-order valence-electron chi connectivity index (χ1n) is 12.7. The van der Waals surface area contributed by atoms with Crippen molar-refractivity contribution >= 4 is 51.6 Å². The third kappa shape index (κ3) is 4.53. The summed E-state index contributed by atoms with van der Waals surface area (Å²) in [5, 5.41) is 50.5. The topological polar surface area (TPSA) is 216 Å². The van der Waals surface area contributed by atoms with Crippen molar-refractivity contribution in [2.24, 2.45) is 17.1 Å². The molecule has 7 N–H and O–H groups in total. The number of aliphatic hydroxyl groups excluding tert-OH is 2. The molecule has 1 fully saturated rings. The van der Waals surface area contributed by atoms with Gasteiger partial charge in [-0.25, -0.2) is 5.43 Å². The number of aliphatic hydroxyl groups is 3. The quantitative estimate of drug-likeness (QED) is 0.110. The first kappa shape index (κ1) is 30.0. The Balaban J connectivity index is 1.96. The number of carbonyl (C=O) groups is 4. The summed E-state index contributed by atoms with van der Waals surface area (Å²) in [5.41, 5.74) is 5.58. The summed E-state index contributed by atoms with van der Waals surface area (Å²) in [6.07, 6.45) is 0.0760. The second-order valence-corrected chi connectivity index (χ2v) is 11.8. The molecule has 0 saturated heterocycles. The van der Waals surface area contributed by atoms with E-state index in [1.165, 1.54) is 19.0 Å². The van der Waals surface area contributed by atoms with Crippen LogP contribution in [0.25, 0.3) is 5.76 Å². The molecule has 220 valence electrons. The van der Waals surface area contributed by atoms with Crippen molar-refractivity contribution in [3.63, 3.8) is 0 Å². The summed E-state index contributed by atoms with van der Waals surface area (Å²) < 4.78 is 0. The lowest BCUT2D eigenvalue weighted by molar-refractivity contribution is -0.153. The van der Waals surface area contributed by atoms with E-state index < -0.39 is 69.0 Å². The Kier molecular flexibility index (Phi) is 7.90. The fourth-order valence-electron chi connectivity index (χ4n) is 6.15. The van der Waals surface area contributed by atoms with Crippen LogP contribution >= 0.6 is 11.8 Å². The van der Waals surface area contributed by atoms with Gasteiger partial charge >= 0.3 is 0 Å². The SMILES string of the molecule is CCSC(=O)Nc1cc(N(C)C)c2c(c1O)C(O)=C1C(=O)[C@]3(O)C(O)=C(C(=O)NN=N)C(=O)[C@@H](N(C)C)[C@@H]3C[C@@H]1C2. The molecule has 41 heavy (non-hydrogen) atoms. The van der Waals surface area contributed by atoms with Gasteiger partial charge in [0.15, 0.2) is 17.1 Å². The maximum atomic E-state index is 14.1. The average Bonchev–Trinajstić information content (AvgIpc) is 2.87. The molecule has 0 radical (unpaired) electrons. The van der Waals surface area contributed by atoms with E-state index in [0.29, 0.717) is 17.0 Å². The molecule has 0 spiro atoms. The van der Waals surface area contributed by atoms with Crippen molar-refractivity contribution in [1.82, 2.24) is 10.3 Å². The third-order valence-electron chi connectivity index (χ3n) is 7.83. The second-order valence-electron chi connectivity index (χ2n) is 10.5. The summed E-state index contributed by atoms with van der Waals surface area (Å²) in [6.45, 7) is 1.78. The number of hydrogen-bond acceptors (Lipinski definition) is 13. The highest BCUT2D eigenvalue weighted by Gasteiger charge is 2.64. The minimum absolute atomic E-state index is 0.000580. The van der Waals surface area contributed by atoms with Crippen molar-refractivity contribution in [3.8, 4) is 5.75 Å². The molecule has 0 unspecified atom stereocenters. The van der Waals surface area contributed by atoms with Crippen LogP contribution in [0.1, 0.15) is 24.5 Å². The van der Waals surface area contributed by atoms with Gasteiger partial charge in [0.2, 0.25) is 5.78 Å². The Labute approximate surface area is 239 Å². The number of Topliss-reactive ketones (excluding diaryl/α,β-unsaturated/α-hetero) is 2. The first-order chi connectivity index (χ1) is 19.2. The first-order valence-corrected chi connectivity index (χ1v) is 13.7. The highest BCUT2D eigenvalue weighted by atomic mass is 32.2. The molecule has 1 aromatic rings. The molecule has 1 saturated carbocycles. The monoisotopic (exact) mass is 588 g/mol. The molecule has 0 bridgehead atoms. The summed E-state index contributed by atoms with van der Waals surface area (Å²) in [5.74, 6) is -7.04. The number of fused-ring (bicyclic) bond motifs is 3. The molecule has 0 aromatic heterocycles. The van der Waals surface area contributed by atoms with Gasteiger partial charge in [-0.05, 0) is 50.2 Å². The number of likely N-dealkylation sites (N-methyl/N-ethyl adjacent to an activating group) is 1. The molecule has 0 aliphatic heterocycles. The minimum Gasteiger partial charge on any atom is -0.508 e. The Bertz CT molecular complexity index is 1440. The van der Waals surface area contributed by atoms with Gasteiger partial charge in [-0.15, -0.1) is 0 Å². The van der Waals surface area contributed by atoms with Crippen LogP contribution in [-0.4, -0.2) is 93.6 Å². The average molecular weight is 589 g/mol. The molecule has 1 aromatic carbocycles. The third-order valence-corrected chi connectivity index (χ3v) is 8.48. The predicted octanol–water partition coefficient (Wildman–Crippen LogP) is 1.89. The number of amides is 2. The summed E-state index contributed by atoms with van der Waals surface area (Å²) >= 11 is 0.975. The van der Waals surface area contributed by atoms with E-state index in [1.807, 2.05) is 0 Å². The molecule has 4 rings (SSSR count).